The standard InChI is InChI=1S/C15H16ClN3O5/c1-3-24-14(23)17-11(20)8-19-12(21)15(2,18-13(19)22)9-4-6-10(16)7-5-9/h4-7H,3,8H2,1-2H3,(H,18,22)(H,17,20,23). The maximum absolute atomic E-state index is 12.6. The van der Waals surface area contributed by atoms with Crippen molar-refractivity contribution < 1.29 is 23.9 Å². The molecule has 0 aromatic heterocycles. The number of amides is 5. The van der Waals surface area contributed by atoms with E-state index in [9.17, 15) is 19.2 Å². The van der Waals surface area contributed by atoms with Crippen LogP contribution in [-0.4, -0.2) is 42.0 Å². The van der Waals surface area contributed by atoms with Gasteiger partial charge >= 0.3 is 12.1 Å². The average Bonchev–Trinajstić information content (AvgIpc) is 2.72. The summed E-state index contributed by atoms with van der Waals surface area (Å²) < 4.78 is 4.56. The number of imide groups is 2. The molecule has 2 rings (SSSR count). The van der Waals surface area contributed by atoms with Gasteiger partial charge in [-0.1, -0.05) is 23.7 Å². The molecule has 1 fully saturated rings. The summed E-state index contributed by atoms with van der Waals surface area (Å²) in [6.45, 7) is 2.61. The lowest BCUT2D eigenvalue weighted by Crippen LogP contribution is -2.44. The molecule has 0 aliphatic carbocycles. The molecule has 0 bridgehead atoms. The van der Waals surface area contributed by atoms with Gasteiger partial charge < -0.3 is 10.1 Å². The molecule has 1 aliphatic rings. The van der Waals surface area contributed by atoms with Crippen molar-refractivity contribution in [2.24, 2.45) is 0 Å². The molecule has 1 aromatic carbocycles. The van der Waals surface area contributed by atoms with E-state index in [1.54, 1.807) is 31.2 Å². The van der Waals surface area contributed by atoms with E-state index in [-0.39, 0.29) is 6.61 Å². The Labute approximate surface area is 143 Å². The third-order valence-corrected chi connectivity index (χ3v) is 3.77. The zero-order chi connectivity index (χ0) is 17.9. The number of hydrogen-bond acceptors (Lipinski definition) is 5. The number of ether oxygens (including phenoxy) is 1. The van der Waals surface area contributed by atoms with Crippen LogP contribution in [0.15, 0.2) is 24.3 Å². The van der Waals surface area contributed by atoms with E-state index < -0.39 is 36.0 Å². The summed E-state index contributed by atoms with van der Waals surface area (Å²) in [5, 5.41) is 4.97. The number of carbonyl (C=O) groups excluding carboxylic acids is 4. The Morgan fingerprint density at radius 3 is 2.50 bits per heavy atom. The molecule has 1 aliphatic heterocycles. The van der Waals surface area contributed by atoms with Gasteiger partial charge in [0.1, 0.15) is 12.1 Å². The molecule has 1 unspecified atom stereocenters. The van der Waals surface area contributed by atoms with Crippen molar-refractivity contribution >= 4 is 35.5 Å². The summed E-state index contributed by atoms with van der Waals surface area (Å²) in [7, 11) is 0. The van der Waals surface area contributed by atoms with Crippen LogP contribution in [0, 0.1) is 0 Å². The first-order valence-electron chi connectivity index (χ1n) is 7.14. The maximum Gasteiger partial charge on any atom is 0.413 e. The van der Waals surface area contributed by atoms with Crippen LogP contribution >= 0.6 is 11.6 Å². The fourth-order valence-electron chi connectivity index (χ4n) is 2.28. The topological polar surface area (TPSA) is 105 Å². The van der Waals surface area contributed by atoms with Crippen LogP contribution in [0.1, 0.15) is 19.4 Å². The van der Waals surface area contributed by atoms with Gasteiger partial charge in [-0.25, -0.2) is 9.59 Å². The summed E-state index contributed by atoms with van der Waals surface area (Å²) >= 11 is 5.82. The Morgan fingerprint density at radius 1 is 1.29 bits per heavy atom. The highest BCUT2D eigenvalue weighted by atomic mass is 35.5. The van der Waals surface area contributed by atoms with Crippen LogP contribution in [-0.2, 0) is 19.9 Å². The van der Waals surface area contributed by atoms with Crippen LogP contribution in [0.4, 0.5) is 9.59 Å². The number of alkyl carbamates (subject to hydrolysis) is 1. The Hall–Kier alpha value is -2.61. The molecule has 8 nitrogen and oxygen atoms in total. The number of rotatable bonds is 4. The van der Waals surface area contributed by atoms with Gasteiger partial charge in [0.05, 0.1) is 6.61 Å². The minimum Gasteiger partial charge on any atom is -0.450 e. The van der Waals surface area contributed by atoms with E-state index in [0.29, 0.717) is 10.6 Å². The first-order chi connectivity index (χ1) is 11.3. The number of carbonyl (C=O) groups is 4. The summed E-state index contributed by atoms with van der Waals surface area (Å²) in [5.74, 6) is -1.42. The first kappa shape index (κ1) is 17.7. The van der Waals surface area contributed by atoms with Gasteiger partial charge in [-0.15, -0.1) is 0 Å². The maximum atomic E-state index is 12.6. The van der Waals surface area contributed by atoms with Crippen molar-refractivity contribution in [3.63, 3.8) is 0 Å². The SMILES string of the molecule is CCOC(=O)NC(=O)CN1C(=O)NC(C)(c2ccc(Cl)cc2)C1=O. The van der Waals surface area contributed by atoms with Gasteiger partial charge in [0.2, 0.25) is 5.91 Å². The lowest BCUT2D eigenvalue weighted by atomic mass is 9.92. The molecular weight excluding hydrogens is 338 g/mol. The highest BCUT2D eigenvalue weighted by molar-refractivity contribution is 6.30. The molecule has 1 saturated heterocycles. The average molecular weight is 354 g/mol. The van der Waals surface area contributed by atoms with Gasteiger partial charge in [0, 0.05) is 5.02 Å². The summed E-state index contributed by atoms with van der Waals surface area (Å²) in [5.41, 5.74) is -0.787. The van der Waals surface area contributed by atoms with Crippen LogP contribution in [0.2, 0.25) is 5.02 Å². The molecule has 128 valence electrons. The van der Waals surface area contributed by atoms with E-state index in [0.717, 1.165) is 4.90 Å². The fraction of sp³-hybridized carbons (Fsp3) is 0.333. The molecule has 5 amide bonds. The zero-order valence-electron chi connectivity index (χ0n) is 13.1. The predicted octanol–water partition coefficient (Wildman–Crippen LogP) is 1.38. The molecule has 1 aromatic rings. The van der Waals surface area contributed by atoms with E-state index in [1.165, 1.54) is 6.92 Å². The van der Waals surface area contributed by atoms with E-state index in [1.807, 2.05) is 5.32 Å². The van der Waals surface area contributed by atoms with Crippen molar-refractivity contribution in [3.8, 4) is 0 Å². The fourth-order valence-corrected chi connectivity index (χ4v) is 2.41. The lowest BCUT2D eigenvalue weighted by molar-refractivity contribution is -0.134. The van der Waals surface area contributed by atoms with E-state index in [2.05, 4.69) is 10.1 Å². The van der Waals surface area contributed by atoms with E-state index >= 15 is 0 Å². The molecule has 1 atom stereocenters. The highest BCUT2D eigenvalue weighted by Crippen LogP contribution is 2.29. The second-order valence-corrected chi connectivity index (χ2v) is 5.66. The molecular formula is C15H16ClN3O5. The molecule has 24 heavy (non-hydrogen) atoms. The minimum atomic E-state index is -1.31. The van der Waals surface area contributed by atoms with Crippen molar-refractivity contribution in [2.45, 2.75) is 19.4 Å². The second-order valence-electron chi connectivity index (χ2n) is 5.22. The number of urea groups is 1. The molecule has 0 radical (unpaired) electrons. The molecule has 0 spiro atoms. The van der Waals surface area contributed by atoms with Crippen LogP contribution in [0.25, 0.3) is 0 Å². The van der Waals surface area contributed by atoms with Gasteiger partial charge in [-0.05, 0) is 31.5 Å². The van der Waals surface area contributed by atoms with Crippen molar-refractivity contribution in [2.75, 3.05) is 13.2 Å². The predicted molar refractivity (Wildman–Crippen MR) is 84.2 cm³/mol. The van der Waals surface area contributed by atoms with Gasteiger partial charge in [-0.2, -0.15) is 0 Å². The number of nitrogens with one attached hydrogen (secondary N) is 2. The normalized spacial score (nSPS) is 19.9. The van der Waals surface area contributed by atoms with Gasteiger partial charge in [0.15, 0.2) is 0 Å². The summed E-state index contributed by atoms with van der Waals surface area (Å²) in [6, 6.07) is 5.69. The number of hydrogen-bond donors (Lipinski definition) is 2. The van der Waals surface area contributed by atoms with Crippen LogP contribution in [0.5, 0.6) is 0 Å². The molecule has 2 N–H and O–H groups in total. The Balaban J connectivity index is 2.12. The number of halogens is 1. The van der Waals surface area contributed by atoms with Crippen molar-refractivity contribution in [1.82, 2.24) is 15.5 Å². The zero-order valence-corrected chi connectivity index (χ0v) is 13.8. The molecule has 1 heterocycles. The smallest absolute Gasteiger partial charge is 0.413 e. The quantitative estimate of drug-likeness (QED) is 0.796. The largest absolute Gasteiger partial charge is 0.450 e. The van der Waals surface area contributed by atoms with Crippen LogP contribution < -0.4 is 10.6 Å². The third kappa shape index (κ3) is 3.48. The molecule has 9 heteroatoms. The van der Waals surface area contributed by atoms with E-state index in [4.69, 9.17) is 11.6 Å². The highest BCUT2D eigenvalue weighted by Gasteiger charge is 2.49. The molecule has 0 saturated carbocycles. The third-order valence-electron chi connectivity index (χ3n) is 3.52. The van der Waals surface area contributed by atoms with Gasteiger partial charge in [0.25, 0.3) is 5.91 Å². The second kappa shape index (κ2) is 6.88. The Kier molecular flexibility index (Phi) is 5.08. The van der Waals surface area contributed by atoms with Gasteiger partial charge in [-0.3, -0.25) is 19.8 Å². The Bertz CT molecular complexity index is 691. The summed E-state index contributed by atoms with van der Waals surface area (Å²) in [4.78, 5) is 48.3. The minimum absolute atomic E-state index is 0.0941. The number of nitrogens with zero attached hydrogens (tertiary/aromatic N) is 1. The monoisotopic (exact) mass is 353 g/mol. The summed E-state index contributed by atoms with van der Waals surface area (Å²) in [6.07, 6.45) is -0.935. The van der Waals surface area contributed by atoms with Crippen LogP contribution in [0.3, 0.4) is 0 Å². The lowest BCUT2D eigenvalue weighted by Gasteiger charge is -2.22. The van der Waals surface area contributed by atoms with Crippen molar-refractivity contribution in [3.05, 3.63) is 34.9 Å². The van der Waals surface area contributed by atoms with Crippen molar-refractivity contribution in [1.29, 1.82) is 0 Å². The number of benzene rings is 1. The first-order valence-corrected chi connectivity index (χ1v) is 7.52. The Morgan fingerprint density at radius 2 is 1.92 bits per heavy atom.